The van der Waals surface area contributed by atoms with Crippen molar-refractivity contribution in [2.45, 2.75) is 25.8 Å². The number of carbonyl (C=O) groups is 1. The highest BCUT2D eigenvalue weighted by Gasteiger charge is 2.32. The smallest absolute Gasteiger partial charge is 0.266 e. The number of piperidine rings is 1. The van der Waals surface area contributed by atoms with Crippen molar-refractivity contribution in [3.63, 3.8) is 0 Å². The van der Waals surface area contributed by atoms with E-state index in [9.17, 15) is 4.79 Å². The van der Waals surface area contributed by atoms with Gasteiger partial charge < -0.3 is 9.64 Å². The summed E-state index contributed by atoms with van der Waals surface area (Å²) >= 11 is 6.93. The molecule has 2 aromatic carbocycles. The van der Waals surface area contributed by atoms with Crippen molar-refractivity contribution >= 4 is 57.0 Å². The molecule has 2 fully saturated rings. The Morgan fingerprint density at radius 2 is 1.85 bits per heavy atom. The fourth-order valence-corrected chi connectivity index (χ4v) is 5.52. The maximum Gasteiger partial charge on any atom is 0.266 e. The van der Waals surface area contributed by atoms with Crippen LogP contribution >= 0.6 is 24.0 Å². The molecule has 1 aromatic heterocycles. The molecule has 0 saturated carbocycles. The molecule has 0 unspecified atom stereocenters. The number of nitrogens with zero attached hydrogens (tertiary/aromatic N) is 3. The third kappa shape index (κ3) is 4.61. The van der Waals surface area contributed by atoms with Crippen LogP contribution in [0, 0.1) is 0 Å². The van der Waals surface area contributed by atoms with Gasteiger partial charge in [-0.15, -0.1) is 0 Å². The molecule has 0 atom stereocenters. The van der Waals surface area contributed by atoms with Crippen LogP contribution in [0.2, 0.25) is 0 Å². The van der Waals surface area contributed by atoms with Gasteiger partial charge in [-0.25, -0.2) is 4.98 Å². The summed E-state index contributed by atoms with van der Waals surface area (Å²) in [7, 11) is 1.64. The van der Waals surface area contributed by atoms with E-state index in [1.807, 2.05) is 48.5 Å². The first kappa shape index (κ1) is 21.9. The summed E-state index contributed by atoms with van der Waals surface area (Å²) in [6, 6.07) is 18.0. The highest BCUT2D eigenvalue weighted by Crippen LogP contribution is 2.36. The highest BCUT2D eigenvalue weighted by molar-refractivity contribution is 8.26. The molecule has 33 heavy (non-hydrogen) atoms. The Kier molecular flexibility index (Phi) is 6.33. The standard InChI is InChI=1S/C26H25N3O2S2/c1-31-21-11-9-18(10-12-21)17-29-25(30)23(33-26(29)32)16-20-15-19-7-3-4-8-22(19)27-24(20)28-13-5-2-6-14-28/h3-4,7-12,15-16H,2,5-6,13-14,17H2,1H3/b23-16-. The zero-order valence-corrected chi connectivity index (χ0v) is 20.1. The number of para-hydroxylation sites is 1. The summed E-state index contributed by atoms with van der Waals surface area (Å²) in [5.41, 5.74) is 2.96. The fraction of sp³-hybridized carbons (Fsp3) is 0.269. The molecule has 1 amide bonds. The number of benzene rings is 2. The Morgan fingerprint density at radius 1 is 1.09 bits per heavy atom. The summed E-state index contributed by atoms with van der Waals surface area (Å²) < 4.78 is 5.81. The number of fused-ring (bicyclic) bond motifs is 1. The first-order chi connectivity index (χ1) is 16.1. The Labute approximate surface area is 203 Å². The highest BCUT2D eigenvalue weighted by atomic mass is 32.2. The van der Waals surface area contributed by atoms with E-state index in [0.29, 0.717) is 15.8 Å². The number of hydrogen-bond acceptors (Lipinski definition) is 6. The lowest BCUT2D eigenvalue weighted by molar-refractivity contribution is -0.122. The van der Waals surface area contributed by atoms with Gasteiger partial charge >= 0.3 is 0 Å². The fourth-order valence-electron chi connectivity index (χ4n) is 4.28. The minimum Gasteiger partial charge on any atom is -0.497 e. The number of ether oxygens (including phenoxy) is 1. The molecular formula is C26H25N3O2S2. The van der Waals surface area contributed by atoms with Crippen LogP contribution in [0.25, 0.3) is 17.0 Å². The topological polar surface area (TPSA) is 45.7 Å². The molecule has 5 nitrogen and oxygen atoms in total. The van der Waals surface area contributed by atoms with Crippen LogP contribution < -0.4 is 9.64 Å². The van der Waals surface area contributed by atoms with Crippen LogP contribution in [0.5, 0.6) is 5.75 Å². The number of amides is 1. The van der Waals surface area contributed by atoms with Crippen molar-refractivity contribution in [3.05, 3.63) is 70.6 Å². The van der Waals surface area contributed by atoms with Crippen LogP contribution in [0.3, 0.4) is 0 Å². The Morgan fingerprint density at radius 3 is 2.61 bits per heavy atom. The van der Waals surface area contributed by atoms with Crippen molar-refractivity contribution < 1.29 is 9.53 Å². The molecule has 3 aromatic rings. The number of aromatic nitrogens is 1. The number of methoxy groups -OCH3 is 1. The number of anilines is 1. The first-order valence-electron chi connectivity index (χ1n) is 11.2. The molecule has 2 aliphatic heterocycles. The van der Waals surface area contributed by atoms with Gasteiger partial charge in [-0.05, 0) is 55.2 Å². The molecule has 0 aliphatic carbocycles. The first-order valence-corrected chi connectivity index (χ1v) is 12.4. The van der Waals surface area contributed by atoms with Gasteiger partial charge in [0.15, 0.2) is 0 Å². The van der Waals surface area contributed by atoms with Crippen LogP contribution in [-0.4, -0.2) is 40.3 Å². The second-order valence-corrected chi connectivity index (χ2v) is 9.93. The van der Waals surface area contributed by atoms with E-state index in [0.717, 1.165) is 59.5 Å². The number of rotatable bonds is 5. The average molecular weight is 476 g/mol. The van der Waals surface area contributed by atoms with E-state index in [2.05, 4.69) is 17.0 Å². The lowest BCUT2D eigenvalue weighted by atomic mass is 10.1. The summed E-state index contributed by atoms with van der Waals surface area (Å²) in [6.07, 6.45) is 5.55. The summed E-state index contributed by atoms with van der Waals surface area (Å²) in [5.74, 6) is 1.69. The van der Waals surface area contributed by atoms with E-state index in [1.54, 1.807) is 12.0 Å². The quantitative estimate of drug-likeness (QED) is 0.352. The Hall–Kier alpha value is -2.90. The molecule has 0 N–H and O–H groups in total. The van der Waals surface area contributed by atoms with Crippen molar-refractivity contribution in [1.29, 1.82) is 0 Å². The van der Waals surface area contributed by atoms with Crippen LogP contribution in [0.1, 0.15) is 30.4 Å². The largest absolute Gasteiger partial charge is 0.497 e. The van der Waals surface area contributed by atoms with Crippen molar-refractivity contribution in [1.82, 2.24) is 9.88 Å². The van der Waals surface area contributed by atoms with E-state index in [4.69, 9.17) is 21.9 Å². The lowest BCUT2D eigenvalue weighted by Gasteiger charge is -2.29. The van der Waals surface area contributed by atoms with E-state index >= 15 is 0 Å². The minimum absolute atomic E-state index is 0.0569. The van der Waals surface area contributed by atoms with Gasteiger partial charge in [0.2, 0.25) is 0 Å². The predicted molar refractivity (Wildman–Crippen MR) is 140 cm³/mol. The maximum atomic E-state index is 13.3. The second kappa shape index (κ2) is 9.53. The molecule has 168 valence electrons. The van der Waals surface area contributed by atoms with E-state index in [1.165, 1.54) is 18.2 Å². The van der Waals surface area contributed by atoms with Gasteiger partial charge in [0.25, 0.3) is 5.91 Å². The SMILES string of the molecule is COc1ccc(CN2C(=O)/C(=C/c3cc4ccccc4nc3N3CCCCC3)SC2=S)cc1. The van der Waals surface area contributed by atoms with Gasteiger partial charge in [0.1, 0.15) is 15.9 Å². The van der Waals surface area contributed by atoms with Crippen molar-refractivity contribution in [2.75, 3.05) is 25.1 Å². The van der Waals surface area contributed by atoms with Gasteiger partial charge in [-0.1, -0.05) is 54.3 Å². The second-order valence-electron chi connectivity index (χ2n) is 8.26. The van der Waals surface area contributed by atoms with Gasteiger partial charge in [0.05, 0.1) is 24.1 Å². The monoisotopic (exact) mass is 475 g/mol. The molecule has 2 aliphatic rings. The zero-order chi connectivity index (χ0) is 22.8. The molecule has 2 saturated heterocycles. The number of hydrogen-bond donors (Lipinski definition) is 0. The van der Waals surface area contributed by atoms with Crippen molar-refractivity contribution in [3.8, 4) is 5.75 Å². The number of thioether (sulfide) groups is 1. The van der Waals surface area contributed by atoms with Gasteiger partial charge in [0, 0.05) is 24.0 Å². The molecule has 3 heterocycles. The Bertz CT molecular complexity index is 1230. The lowest BCUT2D eigenvalue weighted by Crippen LogP contribution is -2.30. The molecule has 7 heteroatoms. The minimum atomic E-state index is -0.0569. The molecular weight excluding hydrogens is 450 g/mol. The molecule has 0 bridgehead atoms. The number of thiocarbonyl (C=S) groups is 1. The van der Waals surface area contributed by atoms with Gasteiger partial charge in [-0.2, -0.15) is 0 Å². The average Bonchev–Trinajstić information content (AvgIpc) is 3.12. The van der Waals surface area contributed by atoms with Crippen LogP contribution in [0.4, 0.5) is 5.82 Å². The third-order valence-electron chi connectivity index (χ3n) is 6.05. The summed E-state index contributed by atoms with van der Waals surface area (Å²) in [6.45, 7) is 2.43. The zero-order valence-electron chi connectivity index (χ0n) is 18.5. The summed E-state index contributed by atoms with van der Waals surface area (Å²) in [4.78, 5) is 22.9. The normalized spacial score (nSPS) is 17.9. The number of carbonyl (C=O) groups excluding carboxylic acids is 1. The van der Waals surface area contributed by atoms with Crippen LogP contribution in [0.15, 0.2) is 59.5 Å². The third-order valence-corrected chi connectivity index (χ3v) is 7.43. The van der Waals surface area contributed by atoms with E-state index < -0.39 is 0 Å². The van der Waals surface area contributed by atoms with Crippen molar-refractivity contribution in [2.24, 2.45) is 0 Å². The number of pyridine rings is 1. The maximum absolute atomic E-state index is 13.3. The molecule has 5 rings (SSSR count). The van der Waals surface area contributed by atoms with Crippen LogP contribution in [-0.2, 0) is 11.3 Å². The molecule has 0 radical (unpaired) electrons. The Balaban J connectivity index is 1.47. The van der Waals surface area contributed by atoms with E-state index in [-0.39, 0.29) is 5.91 Å². The predicted octanol–water partition coefficient (Wildman–Crippen LogP) is 5.64. The van der Waals surface area contributed by atoms with Gasteiger partial charge in [-0.3, -0.25) is 9.69 Å². The molecule has 0 spiro atoms. The summed E-state index contributed by atoms with van der Waals surface area (Å²) in [5, 5.41) is 1.07.